The Kier molecular flexibility index (Phi) is 4.86. The molecule has 1 N–H and O–H groups in total. The summed E-state index contributed by atoms with van der Waals surface area (Å²) in [7, 11) is 0. The van der Waals surface area contributed by atoms with Gasteiger partial charge >= 0.3 is 0 Å². The average molecular weight is 343 g/mol. The first-order chi connectivity index (χ1) is 8.31. The Bertz CT molecular complexity index is 386. The molecule has 17 heavy (non-hydrogen) atoms. The van der Waals surface area contributed by atoms with Gasteiger partial charge in [-0.1, -0.05) is 19.1 Å². The van der Waals surface area contributed by atoms with Crippen molar-refractivity contribution >= 4 is 22.6 Å². The molecule has 1 atom stereocenters. The van der Waals surface area contributed by atoms with Crippen LogP contribution in [0.15, 0.2) is 36.1 Å². The Morgan fingerprint density at radius 1 is 1.35 bits per heavy atom. The topological polar surface area (TPSA) is 21.3 Å². The van der Waals surface area contributed by atoms with Crippen molar-refractivity contribution in [2.24, 2.45) is 0 Å². The molecule has 1 aliphatic heterocycles. The molecule has 0 amide bonds. The van der Waals surface area contributed by atoms with Crippen LogP contribution in [0.3, 0.4) is 0 Å². The lowest BCUT2D eigenvalue weighted by atomic mass is 10.0. The van der Waals surface area contributed by atoms with Gasteiger partial charge in [0.2, 0.25) is 0 Å². The van der Waals surface area contributed by atoms with E-state index in [0.29, 0.717) is 0 Å². The average Bonchev–Trinajstić information content (AvgIpc) is 2.85. The predicted octanol–water partition coefficient (Wildman–Crippen LogP) is 3.64. The first-order valence-corrected chi connectivity index (χ1v) is 7.21. The van der Waals surface area contributed by atoms with Crippen molar-refractivity contribution in [1.82, 2.24) is 5.32 Å². The quantitative estimate of drug-likeness (QED) is 0.825. The number of benzene rings is 1. The lowest BCUT2D eigenvalue weighted by Gasteiger charge is -2.20. The fourth-order valence-corrected chi connectivity index (χ4v) is 2.32. The van der Waals surface area contributed by atoms with E-state index in [-0.39, 0.29) is 6.04 Å². The summed E-state index contributed by atoms with van der Waals surface area (Å²) in [6.07, 6.45) is 4.36. The van der Waals surface area contributed by atoms with Crippen molar-refractivity contribution in [3.8, 4) is 0 Å². The van der Waals surface area contributed by atoms with Crippen LogP contribution in [0.2, 0.25) is 0 Å². The number of ether oxygens (including phenoxy) is 1. The Labute approximate surface area is 117 Å². The van der Waals surface area contributed by atoms with Gasteiger partial charge < -0.3 is 10.1 Å². The molecule has 1 unspecified atom stereocenters. The van der Waals surface area contributed by atoms with Crippen LogP contribution in [0, 0.1) is 3.57 Å². The number of hydrogen-bond donors (Lipinski definition) is 1. The molecule has 0 saturated carbocycles. The molecule has 92 valence electrons. The van der Waals surface area contributed by atoms with E-state index in [1.807, 2.05) is 0 Å². The molecule has 0 saturated heterocycles. The van der Waals surface area contributed by atoms with Crippen molar-refractivity contribution in [3.05, 3.63) is 45.2 Å². The molecule has 2 nitrogen and oxygen atoms in total. The van der Waals surface area contributed by atoms with Crippen molar-refractivity contribution in [3.63, 3.8) is 0 Å². The molecule has 1 aromatic rings. The van der Waals surface area contributed by atoms with Gasteiger partial charge in [-0.15, -0.1) is 0 Å². The van der Waals surface area contributed by atoms with Crippen LogP contribution < -0.4 is 5.32 Å². The second kappa shape index (κ2) is 6.40. The normalized spacial score (nSPS) is 16.5. The molecule has 1 aromatic carbocycles. The minimum Gasteiger partial charge on any atom is -0.496 e. The first kappa shape index (κ1) is 12.9. The lowest BCUT2D eigenvalue weighted by molar-refractivity contribution is 0.215. The van der Waals surface area contributed by atoms with Crippen molar-refractivity contribution in [2.45, 2.75) is 25.8 Å². The Hall–Kier alpha value is -0.550. The van der Waals surface area contributed by atoms with E-state index in [2.05, 4.69) is 65.2 Å². The minimum absolute atomic E-state index is 0.217. The molecule has 2 rings (SSSR count). The maximum atomic E-state index is 5.69. The molecule has 3 heteroatoms. The van der Waals surface area contributed by atoms with Gasteiger partial charge in [0.05, 0.1) is 12.6 Å². The summed E-state index contributed by atoms with van der Waals surface area (Å²) in [5.41, 5.74) is 1.28. The van der Waals surface area contributed by atoms with Crippen LogP contribution >= 0.6 is 22.6 Å². The van der Waals surface area contributed by atoms with Crippen molar-refractivity contribution in [2.75, 3.05) is 13.2 Å². The third kappa shape index (κ3) is 3.45. The number of hydrogen-bond acceptors (Lipinski definition) is 2. The molecule has 1 aliphatic rings. The standard InChI is InChI=1S/C14H18INO/c1-2-9-16-14(13-4-3-10-17-13)11-5-7-12(15)8-6-11/h4-8,14,16H,2-3,9-10H2,1H3. The Morgan fingerprint density at radius 3 is 2.71 bits per heavy atom. The summed E-state index contributed by atoms with van der Waals surface area (Å²) in [5, 5.41) is 3.55. The van der Waals surface area contributed by atoms with Gasteiger partial charge in [-0.2, -0.15) is 0 Å². The van der Waals surface area contributed by atoms with Gasteiger partial charge in [-0.25, -0.2) is 0 Å². The zero-order valence-electron chi connectivity index (χ0n) is 10.1. The van der Waals surface area contributed by atoms with Crippen LogP contribution in [0.25, 0.3) is 0 Å². The van der Waals surface area contributed by atoms with E-state index in [1.54, 1.807) is 0 Å². The Balaban J connectivity index is 2.16. The highest BCUT2D eigenvalue weighted by Crippen LogP contribution is 2.26. The highest BCUT2D eigenvalue weighted by atomic mass is 127. The lowest BCUT2D eigenvalue weighted by Crippen LogP contribution is -2.24. The second-order valence-corrected chi connectivity index (χ2v) is 5.43. The molecule has 0 bridgehead atoms. The van der Waals surface area contributed by atoms with Gasteiger partial charge in [0.25, 0.3) is 0 Å². The predicted molar refractivity (Wildman–Crippen MR) is 78.8 cm³/mol. The van der Waals surface area contributed by atoms with Gasteiger partial charge in [0.15, 0.2) is 0 Å². The smallest absolute Gasteiger partial charge is 0.114 e. The Morgan fingerprint density at radius 2 is 2.12 bits per heavy atom. The largest absolute Gasteiger partial charge is 0.496 e. The van der Waals surface area contributed by atoms with E-state index in [1.165, 1.54) is 9.13 Å². The third-order valence-electron chi connectivity index (χ3n) is 2.82. The SMILES string of the molecule is CCCNC(C1=CCCO1)c1ccc(I)cc1. The van der Waals surface area contributed by atoms with E-state index < -0.39 is 0 Å². The molecule has 0 aliphatic carbocycles. The van der Waals surface area contributed by atoms with Gasteiger partial charge in [0, 0.05) is 9.99 Å². The summed E-state index contributed by atoms with van der Waals surface area (Å²) in [6.45, 7) is 4.02. The number of nitrogens with one attached hydrogen (secondary N) is 1. The molecular weight excluding hydrogens is 325 g/mol. The third-order valence-corrected chi connectivity index (χ3v) is 3.54. The molecule has 1 heterocycles. The van der Waals surface area contributed by atoms with Crippen molar-refractivity contribution in [1.29, 1.82) is 0 Å². The van der Waals surface area contributed by atoms with E-state index in [9.17, 15) is 0 Å². The molecule has 0 fully saturated rings. The first-order valence-electron chi connectivity index (χ1n) is 6.13. The van der Waals surface area contributed by atoms with Gasteiger partial charge in [-0.3, -0.25) is 0 Å². The molecular formula is C14H18INO. The van der Waals surface area contributed by atoms with Gasteiger partial charge in [-0.05, 0) is 59.3 Å². The fraction of sp³-hybridized carbons (Fsp3) is 0.429. The highest BCUT2D eigenvalue weighted by molar-refractivity contribution is 14.1. The highest BCUT2D eigenvalue weighted by Gasteiger charge is 2.19. The fourth-order valence-electron chi connectivity index (χ4n) is 1.96. The van der Waals surface area contributed by atoms with Crippen molar-refractivity contribution < 1.29 is 4.74 Å². The summed E-state index contributed by atoms with van der Waals surface area (Å²) in [6, 6.07) is 8.86. The minimum atomic E-state index is 0.217. The number of halogens is 1. The van der Waals surface area contributed by atoms with E-state index in [0.717, 1.165) is 31.8 Å². The summed E-state index contributed by atoms with van der Waals surface area (Å²) >= 11 is 2.33. The van der Waals surface area contributed by atoms with Crippen LogP contribution in [0.4, 0.5) is 0 Å². The van der Waals surface area contributed by atoms with Crippen LogP contribution in [0.1, 0.15) is 31.4 Å². The molecule has 0 spiro atoms. The van der Waals surface area contributed by atoms with E-state index >= 15 is 0 Å². The summed E-state index contributed by atoms with van der Waals surface area (Å²) in [4.78, 5) is 0. The number of rotatable bonds is 5. The monoisotopic (exact) mass is 343 g/mol. The zero-order valence-corrected chi connectivity index (χ0v) is 12.2. The van der Waals surface area contributed by atoms with Crippen LogP contribution in [-0.2, 0) is 4.74 Å². The summed E-state index contributed by atoms with van der Waals surface area (Å²) < 4.78 is 6.96. The van der Waals surface area contributed by atoms with Crippen LogP contribution in [-0.4, -0.2) is 13.2 Å². The zero-order chi connectivity index (χ0) is 12.1. The second-order valence-electron chi connectivity index (χ2n) is 4.18. The summed E-state index contributed by atoms with van der Waals surface area (Å²) in [5.74, 6) is 1.08. The maximum Gasteiger partial charge on any atom is 0.114 e. The molecule has 0 aromatic heterocycles. The van der Waals surface area contributed by atoms with Crippen LogP contribution in [0.5, 0.6) is 0 Å². The maximum absolute atomic E-state index is 5.69. The molecule has 0 radical (unpaired) electrons. The van der Waals surface area contributed by atoms with Gasteiger partial charge in [0.1, 0.15) is 5.76 Å². The van der Waals surface area contributed by atoms with E-state index in [4.69, 9.17) is 4.74 Å².